The normalized spacial score (nSPS) is 26.2. The second kappa shape index (κ2) is 7.95. The number of aliphatic hydroxyl groups is 1. The molecule has 0 saturated carbocycles. The molecule has 2 saturated heterocycles. The number of hydrogen-bond donors (Lipinski definition) is 4. The van der Waals surface area contributed by atoms with E-state index in [0.29, 0.717) is 18.0 Å². The van der Waals surface area contributed by atoms with Crippen LogP contribution in [-0.4, -0.2) is 40.2 Å². The second-order valence-corrected chi connectivity index (χ2v) is 8.36. The number of rotatable bonds is 5. The van der Waals surface area contributed by atoms with E-state index in [2.05, 4.69) is 10.9 Å². The van der Waals surface area contributed by atoms with Crippen LogP contribution < -0.4 is 10.9 Å². The summed E-state index contributed by atoms with van der Waals surface area (Å²) in [6.45, 7) is 4.48. The van der Waals surface area contributed by atoms with Crippen molar-refractivity contribution in [2.45, 2.75) is 38.4 Å². The van der Waals surface area contributed by atoms with Gasteiger partial charge in [-0.25, -0.2) is 10.9 Å². The quantitative estimate of drug-likeness (QED) is 0.603. The number of aryl methyl sites for hydroxylation is 2. The number of benzene rings is 2. The molecule has 2 aliphatic heterocycles. The lowest BCUT2D eigenvalue weighted by molar-refractivity contribution is -0.130. The molecule has 0 bridgehead atoms. The van der Waals surface area contributed by atoms with Crippen LogP contribution in [0.4, 0.5) is 0 Å². The third kappa shape index (κ3) is 3.51. The lowest BCUT2D eigenvalue weighted by Crippen LogP contribution is -2.41. The van der Waals surface area contributed by atoms with Crippen LogP contribution in [0.5, 0.6) is 5.75 Å². The van der Waals surface area contributed by atoms with Crippen LogP contribution in [0.3, 0.4) is 0 Å². The zero-order valence-electron chi connectivity index (χ0n) is 16.5. The predicted molar refractivity (Wildman–Crippen MR) is 111 cm³/mol. The number of aliphatic hydroxyl groups excluding tert-OH is 1. The van der Waals surface area contributed by atoms with Gasteiger partial charge in [-0.2, -0.15) is 0 Å². The zero-order chi connectivity index (χ0) is 20.7. The van der Waals surface area contributed by atoms with Crippen molar-refractivity contribution in [3.8, 4) is 5.75 Å². The number of carbonyl (C=O) groups excluding carboxylic acids is 1. The lowest BCUT2D eigenvalue weighted by Gasteiger charge is -2.31. The van der Waals surface area contributed by atoms with Gasteiger partial charge in [0.15, 0.2) is 0 Å². The Morgan fingerprint density at radius 3 is 2.41 bits per heavy atom. The van der Waals surface area contributed by atoms with Gasteiger partial charge in [0, 0.05) is 29.7 Å². The summed E-state index contributed by atoms with van der Waals surface area (Å²) in [5.41, 5.74) is 10.3. The summed E-state index contributed by atoms with van der Waals surface area (Å²) >= 11 is 6.08. The summed E-state index contributed by atoms with van der Waals surface area (Å²) in [5.74, 6) is 0.112. The molecule has 154 valence electrons. The Bertz CT molecular complexity index is 918. The van der Waals surface area contributed by atoms with E-state index in [1.165, 1.54) is 0 Å². The number of amides is 1. The summed E-state index contributed by atoms with van der Waals surface area (Å²) in [4.78, 5) is 15.0. The Hall–Kier alpha value is -2.12. The molecule has 4 unspecified atom stereocenters. The van der Waals surface area contributed by atoms with Gasteiger partial charge in [-0.3, -0.25) is 4.79 Å². The Balaban J connectivity index is 1.77. The molecule has 0 radical (unpaired) electrons. The van der Waals surface area contributed by atoms with Gasteiger partial charge < -0.3 is 15.1 Å². The number of hydrogen-bond acceptors (Lipinski definition) is 5. The number of hydrazine groups is 1. The van der Waals surface area contributed by atoms with E-state index < -0.39 is 6.04 Å². The predicted octanol–water partition coefficient (Wildman–Crippen LogP) is 2.76. The minimum atomic E-state index is -0.402. The molecule has 4 N–H and O–H groups in total. The summed E-state index contributed by atoms with van der Waals surface area (Å²) in [6.07, 6.45) is 0.516. The number of phenolic OH excluding ortho intramolecular Hbond substituents is 1. The first-order valence-electron chi connectivity index (χ1n) is 9.90. The van der Waals surface area contributed by atoms with Crippen LogP contribution in [0.25, 0.3) is 0 Å². The number of halogens is 1. The van der Waals surface area contributed by atoms with E-state index in [0.717, 1.165) is 22.3 Å². The molecule has 0 spiro atoms. The molecule has 29 heavy (non-hydrogen) atoms. The van der Waals surface area contributed by atoms with Crippen molar-refractivity contribution >= 4 is 17.5 Å². The number of nitrogens with zero attached hydrogens (tertiary/aromatic N) is 1. The Morgan fingerprint density at radius 2 is 1.72 bits per heavy atom. The Kier molecular flexibility index (Phi) is 5.53. The number of likely N-dealkylation sites (tertiary alicyclic amines) is 1. The molecule has 2 aliphatic rings. The third-order valence-corrected chi connectivity index (χ3v) is 6.41. The molecule has 1 amide bonds. The highest BCUT2D eigenvalue weighted by Crippen LogP contribution is 2.48. The average molecular weight is 416 g/mol. The van der Waals surface area contributed by atoms with E-state index in [4.69, 9.17) is 11.6 Å². The van der Waals surface area contributed by atoms with Crippen molar-refractivity contribution in [2.75, 3.05) is 13.2 Å². The molecule has 7 heteroatoms. The maximum Gasteiger partial charge on any atom is 0.242 e. The molecule has 2 aromatic carbocycles. The van der Waals surface area contributed by atoms with Crippen LogP contribution in [-0.2, 0) is 4.79 Å². The van der Waals surface area contributed by atoms with E-state index >= 15 is 0 Å². The van der Waals surface area contributed by atoms with Crippen LogP contribution in [0, 0.1) is 19.8 Å². The minimum Gasteiger partial charge on any atom is -0.508 e. The molecular weight excluding hydrogens is 390 g/mol. The largest absolute Gasteiger partial charge is 0.508 e. The summed E-state index contributed by atoms with van der Waals surface area (Å²) in [5, 5.41) is 20.6. The SMILES string of the molecule is Cc1cc(O)c(C2NNC3C(=O)N(CCCO)C(c4ccc(Cl)cc4)C32)cc1C. The highest BCUT2D eigenvalue weighted by atomic mass is 35.5. The van der Waals surface area contributed by atoms with Crippen molar-refractivity contribution in [1.82, 2.24) is 15.8 Å². The van der Waals surface area contributed by atoms with E-state index in [-0.39, 0.29) is 36.3 Å². The average Bonchev–Trinajstić information content (AvgIpc) is 3.23. The molecule has 4 rings (SSSR count). The number of phenols is 1. The highest BCUT2D eigenvalue weighted by molar-refractivity contribution is 6.30. The highest BCUT2D eigenvalue weighted by Gasteiger charge is 2.55. The van der Waals surface area contributed by atoms with Crippen LogP contribution in [0.2, 0.25) is 5.02 Å². The topological polar surface area (TPSA) is 84.8 Å². The first kappa shape index (κ1) is 20.2. The fraction of sp³-hybridized carbons (Fsp3) is 0.409. The van der Waals surface area contributed by atoms with Crippen molar-refractivity contribution < 1.29 is 15.0 Å². The fourth-order valence-corrected chi connectivity index (χ4v) is 4.71. The molecule has 2 heterocycles. The van der Waals surface area contributed by atoms with Crippen molar-refractivity contribution in [3.05, 3.63) is 63.7 Å². The summed E-state index contributed by atoms with van der Waals surface area (Å²) in [6, 6.07) is 10.5. The number of carbonyl (C=O) groups is 1. The summed E-state index contributed by atoms with van der Waals surface area (Å²) in [7, 11) is 0. The standard InChI is InChI=1S/C22H26ClN3O3/c1-12-10-16(17(28)11-13(12)2)19-18-20(25-24-19)22(29)26(8-3-9-27)21(18)14-4-6-15(23)7-5-14/h4-7,10-11,18-21,24-25,27-28H,3,8-9H2,1-2H3. The molecule has 2 fully saturated rings. The van der Waals surface area contributed by atoms with Gasteiger partial charge in [0.05, 0.1) is 12.1 Å². The number of fused-ring (bicyclic) bond motifs is 1. The fourth-order valence-electron chi connectivity index (χ4n) is 4.59. The van der Waals surface area contributed by atoms with Gasteiger partial charge in [0.2, 0.25) is 5.91 Å². The molecule has 6 nitrogen and oxygen atoms in total. The first-order valence-corrected chi connectivity index (χ1v) is 10.3. The zero-order valence-corrected chi connectivity index (χ0v) is 17.3. The Morgan fingerprint density at radius 1 is 1.07 bits per heavy atom. The van der Waals surface area contributed by atoms with Gasteiger partial charge in [-0.1, -0.05) is 29.8 Å². The van der Waals surface area contributed by atoms with Gasteiger partial charge in [-0.15, -0.1) is 0 Å². The van der Waals surface area contributed by atoms with Gasteiger partial charge in [0.1, 0.15) is 11.8 Å². The van der Waals surface area contributed by atoms with Crippen LogP contribution >= 0.6 is 11.6 Å². The first-order chi connectivity index (χ1) is 13.9. The molecule has 4 atom stereocenters. The van der Waals surface area contributed by atoms with Crippen molar-refractivity contribution in [2.24, 2.45) is 5.92 Å². The van der Waals surface area contributed by atoms with Crippen LogP contribution in [0.15, 0.2) is 36.4 Å². The van der Waals surface area contributed by atoms with Gasteiger partial charge in [0.25, 0.3) is 0 Å². The number of nitrogens with one attached hydrogen (secondary N) is 2. The molecular formula is C22H26ClN3O3. The van der Waals surface area contributed by atoms with Crippen LogP contribution in [0.1, 0.15) is 40.8 Å². The monoisotopic (exact) mass is 415 g/mol. The van der Waals surface area contributed by atoms with E-state index in [1.54, 1.807) is 6.07 Å². The van der Waals surface area contributed by atoms with Gasteiger partial charge >= 0.3 is 0 Å². The summed E-state index contributed by atoms with van der Waals surface area (Å²) < 4.78 is 0. The molecule has 0 aromatic heterocycles. The second-order valence-electron chi connectivity index (χ2n) is 7.92. The lowest BCUT2D eigenvalue weighted by atomic mass is 9.82. The molecule has 0 aliphatic carbocycles. The van der Waals surface area contributed by atoms with E-state index in [1.807, 2.05) is 49.1 Å². The number of aromatic hydroxyl groups is 1. The maximum atomic E-state index is 13.2. The molecule has 2 aromatic rings. The van der Waals surface area contributed by atoms with Crippen molar-refractivity contribution in [1.29, 1.82) is 0 Å². The maximum absolute atomic E-state index is 13.2. The van der Waals surface area contributed by atoms with Gasteiger partial charge in [-0.05, 0) is 55.2 Å². The van der Waals surface area contributed by atoms with Crippen molar-refractivity contribution in [3.63, 3.8) is 0 Å². The van der Waals surface area contributed by atoms with E-state index in [9.17, 15) is 15.0 Å². The minimum absolute atomic E-state index is 0.00160. The smallest absolute Gasteiger partial charge is 0.242 e. The third-order valence-electron chi connectivity index (χ3n) is 6.16. The Labute approximate surface area is 175 Å².